The van der Waals surface area contributed by atoms with Crippen LogP contribution in [0.2, 0.25) is 0 Å². The van der Waals surface area contributed by atoms with E-state index in [2.05, 4.69) is 5.32 Å². The highest BCUT2D eigenvalue weighted by atomic mass is 32.2. The summed E-state index contributed by atoms with van der Waals surface area (Å²) in [5.41, 5.74) is 0.944. The summed E-state index contributed by atoms with van der Waals surface area (Å²) in [7, 11) is -2.18. The number of nitrogens with one attached hydrogen (secondary N) is 1. The van der Waals surface area contributed by atoms with Crippen LogP contribution in [0.4, 0.5) is 5.69 Å². The second kappa shape index (κ2) is 9.76. The first-order valence-corrected chi connectivity index (χ1v) is 13.0. The van der Waals surface area contributed by atoms with Gasteiger partial charge in [0.1, 0.15) is 5.75 Å². The molecular formula is C25H30N2O6S. The van der Waals surface area contributed by atoms with E-state index in [1.807, 2.05) is 12.1 Å². The van der Waals surface area contributed by atoms with Gasteiger partial charge in [-0.05, 0) is 74.6 Å². The van der Waals surface area contributed by atoms with Crippen LogP contribution in [-0.4, -0.2) is 51.4 Å². The smallest absolute Gasteiger partial charge is 0.316 e. The zero-order valence-electron chi connectivity index (χ0n) is 19.5. The lowest BCUT2D eigenvalue weighted by molar-refractivity contribution is -0.146. The van der Waals surface area contributed by atoms with Crippen LogP contribution in [-0.2, 0) is 29.8 Å². The predicted molar refractivity (Wildman–Crippen MR) is 127 cm³/mol. The van der Waals surface area contributed by atoms with Gasteiger partial charge >= 0.3 is 5.97 Å². The van der Waals surface area contributed by atoms with E-state index in [1.54, 1.807) is 31.2 Å². The maximum atomic E-state index is 13.1. The Kier molecular flexibility index (Phi) is 6.95. The highest BCUT2D eigenvalue weighted by Crippen LogP contribution is 2.49. The Morgan fingerprint density at radius 2 is 1.76 bits per heavy atom. The molecule has 2 fully saturated rings. The first-order valence-electron chi connectivity index (χ1n) is 11.5. The molecule has 0 spiro atoms. The number of rotatable bonds is 8. The number of amides is 1. The van der Waals surface area contributed by atoms with E-state index in [9.17, 15) is 18.0 Å². The molecule has 9 heteroatoms. The lowest BCUT2D eigenvalue weighted by Gasteiger charge is -2.31. The Hall–Kier alpha value is -2.91. The monoisotopic (exact) mass is 486 g/mol. The van der Waals surface area contributed by atoms with Gasteiger partial charge < -0.3 is 14.8 Å². The van der Waals surface area contributed by atoms with Crippen molar-refractivity contribution >= 4 is 27.6 Å². The number of carbonyl (C=O) groups is 2. The molecule has 0 radical (unpaired) electrons. The summed E-state index contributed by atoms with van der Waals surface area (Å²) in [6.45, 7) is 2.65. The van der Waals surface area contributed by atoms with Crippen molar-refractivity contribution in [2.24, 2.45) is 5.92 Å². The Labute approximate surface area is 200 Å². The molecule has 2 aromatic rings. The van der Waals surface area contributed by atoms with Crippen molar-refractivity contribution in [3.63, 3.8) is 0 Å². The van der Waals surface area contributed by atoms with Gasteiger partial charge in [-0.1, -0.05) is 12.1 Å². The van der Waals surface area contributed by atoms with E-state index in [0.717, 1.165) is 18.4 Å². The third-order valence-corrected chi connectivity index (χ3v) is 8.45. The number of ether oxygens (including phenoxy) is 2. The number of carbonyl (C=O) groups excluding carboxylic acids is 2. The van der Waals surface area contributed by atoms with Crippen molar-refractivity contribution < 1.29 is 27.5 Å². The molecule has 0 bridgehead atoms. The van der Waals surface area contributed by atoms with E-state index in [4.69, 9.17) is 9.47 Å². The molecule has 1 saturated heterocycles. The molecule has 1 aliphatic carbocycles. The van der Waals surface area contributed by atoms with Gasteiger partial charge in [0.2, 0.25) is 15.9 Å². The summed E-state index contributed by atoms with van der Waals surface area (Å²) in [4.78, 5) is 25.4. The van der Waals surface area contributed by atoms with Crippen molar-refractivity contribution in [2.45, 2.75) is 42.9 Å². The molecule has 1 amide bonds. The minimum absolute atomic E-state index is 0.129. The third-order valence-electron chi connectivity index (χ3n) is 6.57. The molecule has 4 rings (SSSR count). The molecule has 8 nitrogen and oxygen atoms in total. The molecular weight excluding hydrogens is 456 g/mol. The molecule has 1 aliphatic heterocycles. The summed E-state index contributed by atoms with van der Waals surface area (Å²) >= 11 is 0. The van der Waals surface area contributed by atoms with Crippen molar-refractivity contribution in [3.05, 3.63) is 54.1 Å². The van der Waals surface area contributed by atoms with Gasteiger partial charge in [-0.15, -0.1) is 0 Å². The fourth-order valence-corrected chi connectivity index (χ4v) is 5.92. The number of anilines is 1. The topological polar surface area (TPSA) is 102 Å². The summed E-state index contributed by atoms with van der Waals surface area (Å²) < 4.78 is 37.8. The number of hydrogen-bond donors (Lipinski definition) is 1. The average Bonchev–Trinajstić information content (AvgIpc) is 3.67. The minimum Gasteiger partial charge on any atom is -0.497 e. The van der Waals surface area contributed by atoms with Crippen molar-refractivity contribution in [3.8, 4) is 5.75 Å². The number of nitrogens with zero attached hydrogens (tertiary/aromatic N) is 1. The molecule has 2 aromatic carbocycles. The number of sulfonamides is 1. The van der Waals surface area contributed by atoms with Gasteiger partial charge in [0.05, 0.1) is 29.9 Å². The lowest BCUT2D eigenvalue weighted by atomic mass is 9.95. The molecule has 1 N–H and O–H groups in total. The third kappa shape index (κ3) is 4.81. The number of benzene rings is 2. The van der Waals surface area contributed by atoms with Crippen LogP contribution in [0.25, 0.3) is 0 Å². The highest BCUT2D eigenvalue weighted by molar-refractivity contribution is 7.89. The number of esters is 1. The first kappa shape index (κ1) is 24.2. The Bertz CT molecular complexity index is 1140. The largest absolute Gasteiger partial charge is 0.497 e. The van der Waals surface area contributed by atoms with E-state index < -0.39 is 21.4 Å². The Morgan fingerprint density at radius 1 is 1.09 bits per heavy atom. The standard InChI is InChI=1S/C25H30N2O6S/c1-3-33-24(29)25(14-15-25)19-6-8-20(9-7-19)26-23(28)18-5-4-16-27(17-18)34(30,31)22-12-10-21(32-2)11-13-22/h6-13,18H,3-5,14-17H2,1-2H3,(H,26,28)/t18-/m0/s1. The van der Waals surface area contributed by atoms with Gasteiger partial charge in [-0.25, -0.2) is 8.42 Å². The Balaban J connectivity index is 1.40. The predicted octanol–water partition coefficient (Wildman–Crippen LogP) is 3.33. The molecule has 34 heavy (non-hydrogen) atoms. The van der Waals surface area contributed by atoms with Crippen molar-refractivity contribution in [1.29, 1.82) is 0 Å². The quantitative estimate of drug-likeness (QED) is 0.575. The highest BCUT2D eigenvalue weighted by Gasteiger charge is 2.52. The summed E-state index contributed by atoms with van der Waals surface area (Å²) in [5, 5.41) is 2.90. The van der Waals surface area contributed by atoms with Crippen LogP contribution >= 0.6 is 0 Å². The van der Waals surface area contributed by atoms with Crippen molar-refractivity contribution in [1.82, 2.24) is 4.31 Å². The summed E-state index contributed by atoms with van der Waals surface area (Å²) in [6.07, 6.45) is 2.75. The normalized spacial score (nSPS) is 19.8. The van der Waals surface area contributed by atoms with E-state index in [-0.39, 0.29) is 23.3 Å². The zero-order chi connectivity index (χ0) is 24.3. The van der Waals surface area contributed by atoms with Gasteiger partial charge in [0.15, 0.2) is 0 Å². The second-order valence-electron chi connectivity index (χ2n) is 8.75. The van der Waals surface area contributed by atoms with Gasteiger partial charge in [-0.3, -0.25) is 9.59 Å². The number of methoxy groups -OCH3 is 1. The molecule has 2 aliphatic rings. The fourth-order valence-electron chi connectivity index (χ4n) is 4.39. The van der Waals surface area contributed by atoms with Crippen LogP contribution in [0.5, 0.6) is 5.75 Å². The fraction of sp³-hybridized carbons (Fsp3) is 0.440. The molecule has 1 atom stereocenters. The maximum absolute atomic E-state index is 13.1. The molecule has 1 saturated carbocycles. The second-order valence-corrected chi connectivity index (χ2v) is 10.7. The van der Waals surface area contributed by atoms with Crippen LogP contribution in [0.1, 0.15) is 38.2 Å². The maximum Gasteiger partial charge on any atom is 0.316 e. The van der Waals surface area contributed by atoms with Gasteiger partial charge in [0, 0.05) is 18.8 Å². The minimum atomic E-state index is -3.70. The van der Waals surface area contributed by atoms with Crippen molar-refractivity contribution in [2.75, 3.05) is 32.1 Å². The Morgan fingerprint density at radius 3 is 2.35 bits per heavy atom. The lowest BCUT2D eigenvalue weighted by Crippen LogP contribution is -2.43. The van der Waals surface area contributed by atoms with Gasteiger partial charge in [0.25, 0.3) is 0 Å². The SMILES string of the molecule is CCOC(=O)C1(c2ccc(NC(=O)[C@H]3CCCN(S(=O)(=O)c4ccc(OC)cc4)C3)cc2)CC1. The van der Waals surface area contributed by atoms with E-state index in [1.165, 1.54) is 23.5 Å². The van der Waals surface area contributed by atoms with Crippen LogP contribution in [0.3, 0.4) is 0 Å². The summed E-state index contributed by atoms with van der Waals surface area (Å²) in [6, 6.07) is 13.5. The number of piperidine rings is 1. The van der Waals surface area contributed by atoms with Crippen LogP contribution in [0, 0.1) is 5.92 Å². The van der Waals surface area contributed by atoms with Crippen LogP contribution < -0.4 is 10.1 Å². The zero-order valence-corrected chi connectivity index (χ0v) is 20.3. The van der Waals surface area contributed by atoms with E-state index in [0.29, 0.717) is 37.4 Å². The summed E-state index contributed by atoms with van der Waals surface area (Å²) in [5.74, 6) is -0.285. The first-order chi connectivity index (χ1) is 16.3. The number of hydrogen-bond acceptors (Lipinski definition) is 6. The molecule has 0 aromatic heterocycles. The molecule has 182 valence electrons. The van der Waals surface area contributed by atoms with Crippen LogP contribution in [0.15, 0.2) is 53.4 Å². The van der Waals surface area contributed by atoms with Gasteiger partial charge in [-0.2, -0.15) is 4.31 Å². The molecule has 1 heterocycles. The average molecular weight is 487 g/mol. The molecule has 0 unspecified atom stereocenters. The van der Waals surface area contributed by atoms with E-state index >= 15 is 0 Å².